The second-order valence-corrected chi connectivity index (χ2v) is 3.80. The number of hydrogen-bond acceptors (Lipinski definition) is 2. The van der Waals surface area contributed by atoms with Gasteiger partial charge in [-0.25, -0.2) is 0 Å². The van der Waals surface area contributed by atoms with E-state index in [-0.39, 0.29) is 0 Å². The summed E-state index contributed by atoms with van der Waals surface area (Å²) in [7, 11) is 0. The first-order valence-corrected chi connectivity index (χ1v) is 4.92. The van der Waals surface area contributed by atoms with Gasteiger partial charge in [0.1, 0.15) is 0 Å². The molecule has 0 saturated heterocycles. The molecule has 2 atom stereocenters. The predicted octanol–water partition coefficient (Wildman–Crippen LogP) is 1.62. The lowest BCUT2D eigenvalue weighted by molar-refractivity contribution is 0.454. The largest absolute Gasteiger partial charge is 0.327 e. The van der Waals surface area contributed by atoms with Gasteiger partial charge in [-0.05, 0) is 19.1 Å². The molecule has 1 aliphatic carbocycles. The van der Waals surface area contributed by atoms with E-state index in [1.165, 1.54) is 25.7 Å². The summed E-state index contributed by atoms with van der Waals surface area (Å²) in [4.78, 5) is 0. The third kappa shape index (κ3) is 1.87. The van der Waals surface area contributed by atoms with Crippen molar-refractivity contribution in [1.82, 2.24) is 0 Å². The topological polar surface area (TPSA) is 26.0 Å². The molecule has 0 bridgehead atoms. The Kier molecular flexibility index (Phi) is 2.86. The van der Waals surface area contributed by atoms with Crippen molar-refractivity contribution in [2.24, 2.45) is 5.73 Å². The molecule has 0 aromatic carbocycles. The van der Waals surface area contributed by atoms with Gasteiger partial charge in [0.05, 0.1) is 0 Å². The smallest absolute Gasteiger partial charge is 0.0196 e. The molecule has 0 spiro atoms. The Labute approximate surface area is 61.4 Å². The highest BCUT2D eigenvalue weighted by molar-refractivity contribution is 7.99. The molecular formula is C7H15NS. The summed E-state index contributed by atoms with van der Waals surface area (Å²) in [5, 5.41) is 0.749. The van der Waals surface area contributed by atoms with Crippen LogP contribution in [0, 0.1) is 0 Å². The Morgan fingerprint density at radius 2 is 2.00 bits per heavy atom. The Bertz CT molecular complexity index is 85.0. The highest BCUT2D eigenvalue weighted by Gasteiger charge is 2.19. The molecule has 1 aliphatic rings. The van der Waals surface area contributed by atoms with Gasteiger partial charge in [-0.15, -0.1) is 0 Å². The van der Waals surface area contributed by atoms with Crippen molar-refractivity contribution >= 4 is 11.8 Å². The lowest BCUT2D eigenvalue weighted by Gasteiger charge is -2.26. The number of hydrogen-bond donors (Lipinski definition) is 1. The number of nitrogens with two attached hydrogens (primary N) is 1. The van der Waals surface area contributed by atoms with Gasteiger partial charge in [-0.3, -0.25) is 0 Å². The van der Waals surface area contributed by atoms with Crippen LogP contribution in [0.3, 0.4) is 0 Å². The molecule has 2 N–H and O–H groups in total. The average Bonchev–Trinajstić information content (AvgIpc) is 1.89. The van der Waals surface area contributed by atoms with Crippen molar-refractivity contribution in [2.75, 3.05) is 6.26 Å². The third-order valence-corrected chi connectivity index (χ3v) is 3.25. The van der Waals surface area contributed by atoms with Crippen molar-refractivity contribution in [3.63, 3.8) is 0 Å². The Hall–Kier alpha value is 0.310. The zero-order valence-corrected chi connectivity index (χ0v) is 6.79. The van der Waals surface area contributed by atoms with Gasteiger partial charge in [0.25, 0.3) is 0 Å². The van der Waals surface area contributed by atoms with Crippen LogP contribution in [0.25, 0.3) is 0 Å². The molecule has 1 nitrogen and oxygen atoms in total. The number of thioether (sulfide) groups is 1. The quantitative estimate of drug-likeness (QED) is 0.607. The first kappa shape index (κ1) is 7.42. The van der Waals surface area contributed by atoms with Crippen LogP contribution in [-0.4, -0.2) is 17.5 Å². The molecule has 54 valence electrons. The van der Waals surface area contributed by atoms with E-state index in [0.29, 0.717) is 6.04 Å². The first-order valence-electron chi connectivity index (χ1n) is 3.63. The van der Waals surface area contributed by atoms with Crippen molar-refractivity contribution in [2.45, 2.75) is 37.0 Å². The summed E-state index contributed by atoms with van der Waals surface area (Å²) in [6.45, 7) is 0. The minimum atomic E-state index is 0.480. The number of rotatable bonds is 1. The average molecular weight is 145 g/mol. The highest BCUT2D eigenvalue weighted by atomic mass is 32.2. The van der Waals surface area contributed by atoms with Crippen LogP contribution in [-0.2, 0) is 0 Å². The lowest BCUT2D eigenvalue weighted by atomic mass is 9.96. The first-order chi connectivity index (χ1) is 4.34. The van der Waals surface area contributed by atoms with E-state index in [9.17, 15) is 0 Å². The summed E-state index contributed by atoms with van der Waals surface area (Å²) in [5.41, 5.74) is 5.87. The van der Waals surface area contributed by atoms with Crippen LogP contribution in [0.4, 0.5) is 0 Å². The van der Waals surface area contributed by atoms with E-state index < -0.39 is 0 Å². The van der Waals surface area contributed by atoms with Crippen molar-refractivity contribution in [1.29, 1.82) is 0 Å². The lowest BCUT2D eigenvalue weighted by Crippen LogP contribution is -2.34. The van der Waals surface area contributed by atoms with Crippen molar-refractivity contribution in [3.05, 3.63) is 0 Å². The maximum atomic E-state index is 5.87. The second kappa shape index (κ2) is 3.47. The van der Waals surface area contributed by atoms with Crippen LogP contribution < -0.4 is 5.73 Å². The molecule has 0 aromatic rings. The standard InChI is InChI=1S/C7H15NS/c1-9-7-5-3-2-4-6(7)8/h6-7H,2-5,8H2,1H3/t6-,7-/m0/s1. The summed E-state index contributed by atoms with van der Waals surface area (Å²) < 4.78 is 0. The molecule has 0 unspecified atom stereocenters. The van der Waals surface area contributed by atoms with Gasteiger partial charge in [0.15, 0.2) is 0 Å². The Morgan fingerprint density at radius 3 is 2.44 bits per heavy atom. The van der Waals surface area contributed by atoms with Gasteiger partial charge in [-0.2, -0.15) is 11.8 Å². The Morgan fingerprint density at radius 1 is 1.33 bits per heavy atom. The molecule has 1 fully saturated rings. The highest BCUT2D eigenvalue weighted by Crippen LogP contribution is 2.25. The van der Waals surface area contributed by atoms with Crippen LogP contribution in [0.2, 0.25) is 0 Å². The summed E-state index contributed by atoms with van der Waals surface area (Å²) >= 11 is 1.93. The van der Waals surface area contributed by atoms with Crippen LogP contribution in [0.5, 0.6) is 0 Å². The molecule has 1 rings (SSSR count). The van der Waals surface area contributed by atoms with E-state index in [4.69, 9.17) is 5.73 Å². The van der Waals surface area contributed by atoms with Crippen LogP contribution in [0.15, 0.2) is 0 Å². The molecular weight excluding hydrogens is 130 g/mol. The molecule has 0 amide bonds. The fourth-order valence-corrected chi connectivity index (χ4v) is 2.31. The SMILES string of the molecule is CS[C@H]1CCCC[C@@H]1N. The van der Waals surface area contributed by atoms with E-state index >= 15 is 0 Å². The second-order valence-electron chi connectivity index (χ2n) is 2.72. The van der Waals surface area contributed by atoms with E-state index in [1.54, 1.807) is 0 Å². The van der Waals surface area contributed by atoms with Gasteiger partial charge in [0.2, 0.25) is 0 Å². The van der Waals surface area contributed by atoms with Gasteiger partial charge in [0, 0.05) is 11.3 Å². The van der Waals surface area contributed by atoms with Crippen molar-refractivity contribution < 1.29 is 0 Å². The minimum Gasteiger partial charge on any atom is -0.327 e. The van der Waals surface area contributed by atoms with E-state index in [2.05, 4.69) is 6.26 Å². The minimum absolute atomic E-state index is 0.480. The fourth-order valence-electron chi connectivity index (χ4n) is 1.42. The fraction of sp³-hybridized carbons (Fsp3) is 1.00. The summed E-state index contributed by atoms with van der Waals surface area (Å²) in [6, 6.07) is 0.480. The maximum Gasteiger partial charge on any atom is 0.0196 e. The van der Waals surface area contributed by atoms with Gasteiger partial charge >= 0.3 is 0 Å². The third-order valence-electron chi connectivity index (χ3n) is 2.06. The van der Waals surface area contributed by atoms with Crippen LogP contribution >= 0.6 is 11.8 Å². The molecule has 1 saturated carbocycles. The molecule has 0 heterocycles. The zero-order valence-electron chi connectivity index (χ0n) is 5.97. The van der Waals surface area contributed by atoms with Gasteiger partial charge in [-0.1, -0.05) is 12.8 Å². The Balaban J connectivity index is 2.30. The molecule has 0 radical (unpaired) electrons. The van der Waals surface area contributed by atoms with E-state index in [1.807, 2.05) is 11.8 Å². The molecule has 2 heteroatoms. The monoisotopic (exact) mass is 145 g/mol. The maximum absolute atomic E-state index is 5.87. The predicted molar refractivity (Wildman–Crippen MR) is 43.7 cm³/mol. The zero-order chi connectivity index (χ0) is 6.69. The molecule has 0 aliphatic heterocycles. The van der Waals surface area contributed by atoms with Gasteiger partial charge < -0.3 is 5.73 Å². The normalized spacial score (nSPS) is 36.7. The van der Waals surface area contributed by atoms with E-state index in [0.717, 1.165) is 5.25 Å². The summed E-state index contributed by atoms with van der Waals surface area (Å²) in [5.74, 6) is 0. The molecule has 9 heavy (non-hydrogen) atoms. The van der Waals surface area contributed by atoms with Crippen molar-refractivity contribution in [3.8, 4) is 0 Å². The van der Waals surface area contributed by atoms with Crippen LogP contribution in [0.1, 0.15) is 25.7 Å². The molecule has 0 aromatic heterocycles. The summed E-state index contributed by atoms with van der Waals surface area (Å²) in [6.07, 6.45) is 7.47.